The minimum atomic E-state index is -4.21. The average Bonchev–Trinajstić information content (AvgIpc) is 2.51. The van der Waals surface area contributed by atoms with Gasteiger partial charge < -0.3 is 5.11 Å². The predicted octanol–water partition coefficient (Wildman–Crippen LogP) is 3.14. The van der Waals surface area contributed by atoms with Gasteiger partial charge in [0.25, 0.3) is 0 Å². The highest BCUT2D eigenvalue weighted by atomic mass is 35.5. The van der Waals surface area contributed by atoms with Gasteiger partial charge in [0.1, 0.15) is 10.7 Å². The second-order valence-corrected chi connectivity index (χ2v) is 7.39. The smallest absolute Gasteiger partial charge is 0.304 e. The summed E-state index contributed by atoms with van der Waals surface area (Å²) in [7, 11) is -4.21. The van der Waals surface area contributed by atoms with Crippen molar-refractivity contribution in [3.63, 3.8) is 0 Å². The third-order valence-electron chi connectivity index (χ3n) is 3.29. The van der Waals surface area contributed by atoms with Crippen LogP contribution in [0.5, 0.6) is 0 Å². The van der Waals surface area contributed by atoms with E-state index >= 15 is 0 Å². The van der Waals surface area contributed by atoms with Crippen LogP contribution < -0.4 is 0 Å². The Morgan fingerprint density at radius 3 is 2.42 bits per heavy atom. The Labute approximate surface area is 144 Å². The Hall–Kier alpha value is -1.96. The zero-order valence-corrected chi connectivity index (χ0v) is 14.1. The van der Waals surface area contributed by atoms with E-state index in [1.165, 1.54) is 6.07 Å². The van der Waals surface area contributed by atoms with Crippen LogP contribution in [0.2, 0.25) is 5.02 Å². The molecular formula is C16H15ClFNO4S. The highest BCUT2D eigenvalue weighted by Gasteiger charge is 2.28. The van der Waals surface area contributed by atoms with Gasteiger partial charge in [0, 0.05) is 18.1 Å². The molecule has 0 atom stereocenters. The Morgan fingerprint density at radius 2 is 1.83 bits per heavy atom. The van der Waals surface area contributed by atoms with Crippen molar-refractivity contribution in [1.29, 1.82) is 0 Å². The van der Waals surface area contributed by atoms with Gasteiger partial charge in [-0.2, -0.15) is 4.31 Å². The van der Waals surface area contributed by atoms with Crippen LogP contribution in [0.1, 0.15) is 12.0 Å². The third kappa shape index (κ3) is 4.53. The van der Waals surface area contributed by atoms with E-state index in [4.69, 9.17) is 16.7 Å². The number of hydrogen-bond acceptors (Lipinski definition) is 3. The number of aliphatic carboxylic acids is 1. The lowest BCUT2D eigenvalue weighted by molar-refractivity contribution is -0.137. The molecule has 0 aliphatic rings. The van der Waals surface area contributed by atoms with Gasteiger partial charge in [-0.1, -0.05) is 41.9 Å². The number of halogens is 2. The lowest BCUT2D eigenvalue weighted by Gasteiger charge is -2.22. The molecule has 0 saturated heterocycles. The number of benzene rings is 2. The van der Waals surface area contributed by atoms with Gasteiger partial charge in [-0.15, -0.1) is 0 Å². The fraction of sp³-hybridized carbons (Fsp3) is 0.188. The summed E-state index contributed by atoms with van der Waals surface area (Å²) < 4.78 is 40.4. The first-order chi connectivity index (χ1) is 11.3. The van der Waals surface area contributed by atoms with Gasteiger partial charge in [0.05, 0.1) is 6.42 Å². The molecule has 0 saturated carbocycles. The fourth-order valence-corrected chi connectivity index (χ4v) is 3.75. The van der Waals surface area contributed by atoms with E-state index in [-0.39, 0.29) is 24.5 Å². The normalized spacial score (nSPS) is 11.6. The predicted molar refractivity (Wildman–Crippen MR) is 87.7 cm³/mol. The van der Waals surface area contributed by atoms with Crippen molar-refractivity contribution in [1.82, 2.24) is 4.31 Å². The topological polar surface area (TPSA) is 74.7 Å². The Balaban J connectivity index is 2.38. The first-order valence-corrected chi connectivity index (χ1v) is 8.83. The van der Waals surface area contributed by atoms with Crippen LogP contribution in [0.3, 0.4) is 0 Å². The van der Waals surface area contributed by atoms with Crippen molar-refractivity contribution >= 4 is 27.6 Å². The Bertz CT molecular complexity index is 827. The molecule has 0 amide bonds. The number of carbonyl (C=O) groups is 1. The molecular weight excluding hydrogens is 357 g/mol. The van der Waals surface area contributed by atoms with Crippen LogP contribution in [-0.2, 0) is 21.4 Å². The molecule has 0 bridgehead atoms. The molecule has 5 nitrogen and oxygen atoms in total. The average molecular weight is 372 g/mol. The molecule has 0 aliphatic carbocycles. The molecule has 2 rings (SSSR count). The highest BCUT2D eigenvalue weighted by Crippen LogP contribution is 2.24. The monoisotopic (exact) mass is 371 g/mol. The van der Waals surface area contributed by atoms with Gasteiger partial charge in [0.2, 0.25) is 10.0 Å². The second-order valence-electron chi connectivity index (χ2n) is 5.04. The van der Waals surface area contributed by atoms with Gasteiger partial charge in [-0.3, -0.25) is 4.79 Å². The summed E-state index contributed by atoms with van der Waals surface area (Å²) in [6.45, 7) is -0.326. The molecule has 2 aromatic rings. The Kier molecular flexibility index (Phi) is 5.93. The van der Waals surface area contributed by atoms with Crippen molar-refractivity contribution < 1.29 is 22.7 Å². The van der Waals surface area contributed by atoms with E-state index in [1.807, 2.05) is 0 Å². The van der Waals surface area contributed by atoms with Crippen molar-refractivity contribution in [3.8, 4) is 0 Å². The maximum Gasteiger partial charge on any atom is 0.304 e. The standard InChI is InChI=1S/C16H15ClFNO4S/c17-13-6-7-15(14(18)10-13)24(22,23)19(9-8-16(20)21)11-12-4-2-1-3-5-12/h1-7,10H,8-9,11H2,(H,20,21). The van der Waals surface area contributed by atoms with Gasteiger partial charge in [-0.05, 0) is 23.8 Å². The quantitative estimate of drug-likeness (QED) is 0.811. The molecule has 0 spiro atoms. The molecule has 0 heterocycles. The van der Waals surface area contributed by atoms with Crippen LogP contribution in [0.25, 0.3) is 0 Å². The first-order valence-electron chi connectivity index (χ1n) is 7.01. The summed E-state index contributed by atoms with van der Waals surface area (Å²) in [5.41, 5.74) is 0.667. The number of rotatable bonds is 7. The number of carboxylic acids is 1. The van der Waals surface area contributed by atoms with Crippen LogP contribution in [0.15, 0.2) is 53.4 Å². The molecule has 0 fully saturated rings. The minimum absolute atomic E-state index is 0.0570. The Morgan fingerprint density at radius 1 is 1.17 bits per heavy atom. The highest BCUT2D eigenvalue weighted by molar-refractivity contribution is 7.89. The van der Waals surface area contributed by atoms with Crippen molar-refractivity contribution in [2.75, 3.05) is 6.54 Å². The molecule has 0 unspecified atom stereocenters. The molecule has 2 aromatic carbocycles. The van der Waals surface area contributed by atoms with E-state index in [1.54, 1.807) is 30.3 Å². The molecule has 24 heavy (non-hydrogen) atoms. The number of nitrogens with zero attached hydrogens (tertiary/aromatic N) is 1. The number of hydrogen-bond donors (Lipinski definition) is 1. The summed E-state index contributed by atoms with van der Waals surface area (Å²) in [6.07, 6.45) is -0.388. The van der Waals surface area contributed by atoms with Crippen LogP contribution in [0.4, 0.5) is 4.39 Å². The molecule has 0 radical (unpaired) electrons. The van der Waals surface area contributed by atoms with E-state index in [0.717, 1.165) is 16.4 Å². The van der Waals surface area contributed by atoms with Crippen LogP contribution in [-0.4, -0.2) is 30.3 Å². The fourth-order valence-electron chi connectivity index (χ4n) is 2.12. The van der Waals surface area contributed by atoms with E-state index in [2.05, 4.69) is 0 Å². The minimum Gasteiger partial charge on any atom is -0.481 e. The van der Waals surface area contributed by atoms with Crippen molar-refractivity contribution in [2.24, 2.45) is 0 Å². The molecule has 0 aliphatic heterocycles. The first kappa shape index (κ1) is 18.4. The van der Waals surface area contributed by atoms with Crippen molar-refractivity contribution in [2.45, 2.75) is 17.9 Å². The van der Waals surface area contributed by atoms with Crippen LogP contribution >= 0.6 is 11.6 Å². The van der Waals surface area contributed by atoms with Gasteiger partial charge >= 0.3 is 5.97 Å². The molecule has 1 N–H and O–H groups in total. The maximum atomic E-state index is 14.0. The largest absolute Gasteiger partial charge is 0.481 e. The summed E-state index contributed by atoms with van der Waals surface area (Å²) in [4.78, 5) is 10.3. The maximum absolute atomic E-state index is 14.0. The summed E-state index contributed by atoms with van der Waals surface area (Å²) in [5, 5.41) is 8.92. The van der Waals surface area contributed by atoms with Crippen LogP contribution in [0, 0.1) is 5.82 Å². The summed E-state index contributed by atoms with van der Waals surface area (Å²) in [6, 6.07) is 11.9. The number of sulfonamides is 1. The molecule has 0 aromatic heterocycles. The van der Waals surface area contributed by atoms with Gasteiger partial charge in [-0.25, -0.2) is 12.8 Å². The zero-order chi connectivity index (χ0) is 17.7. The van der Waals surface area contributed by atoms with Gasteiger partial charge in [0.15, 0.2) is 0 Å². The summed E-state index contributed by atoms with van der Waals surface area (Å²) in [5.74, 6) is -2.12. The lowest BCUT2D eigenvalue weighted by Crippen LogP contribution is -2.33. The second kappa shape index (κ2) is 7.74. The molecule has 8 heteroatoms. The molecule has 128 valence electrons. The lowest BCUT2D eigenvalue weighted by atomic mass is 10.2. The van der Waals surface area contributed by atoms with E-state index in [9.17, 15) is 17.6 Å². The van der Waals surface area contributed by atoms with E-state index in [0.29, 0.717) is 5.56 Å². The SMILES string of the molecule is O=C(O)CCN(Cc1ccccc1)S(=O)(=O)c1ccc(Cl)cc1F. The summed E-state index contributed by atoms with van der Waals surface area (Å²) >= 11 is 5.65. The third-order valence-corrected chi connectivity index (χ3v) is 5.40. The van der Waals surface area contributed by atoms with E-state index < -0.39 is 26.7 Å². The zero-order valence-electron chi connectivity index (χ0n) is 12.5. The number of carboxylic acid groups (broad SMARTS) is 1. The van der Waals surface area contributed by atoms with Crippen molar-refractivity contribution in [3.05, 3.63) is 64.9 Å².